The second kappa shape index (κ2) is 6.31. The van der Waals surface area contributed by atoms with Crippen LogP contribution < -0.4 is 0 Å². The van der Waals surface area contributed by atoms with Gasteiger partial charge in [-0.2, -0.15) is 5.10 Å². The molecule has 0 aromatic carbocycles. The lowest BCUT2D eigenvalue weighted by atomic mass is 10.1. The summed E-state index contributed by atoms with van der Waals surface area (Å²) < 4.78 is 1.50. The minimum Gasteiger partial charge on any atom is -0.383 e. The van der Waals surface area contributed by atoms with Crippen LogP contribution in [0.1, 0.15) is 39.4 Å². The summed E-state index contributed by atoms with van der Waals surface area (Å²) in [7, 11) is 8.41. The zero-order valence-electron chi connectivity index (χ0n) is 13.7. The summed E-state index contributed by atoms with van der Waals surface area (Å²) in [6, 6.07) is 0. The van der Waals surface area contributed by atoms with Crippen LogP contribution in [0.2, 0.25) is 0 Å². The van der Waals surface area contributed by atoms with E-state index >= 15 is 0 Å². The number of amides is 1. The number of ketones is 1. The molecule has 0 bridgehead atoms. The first-order valence-electron chi connectivity index (χ1n) is 7.16. The lowest BCUT2D eigenvalue weighted by molar-refractivity contribution is -0.0761. The molecule has 22 heavy (non-hydrogen) atoms. The van der Waals surface area contributed by atoms with E-state index in [9.17, 15) is 9.59 Å². The normalized spacial score (nSPS) is 16.4. The topological polar surface area (TPSA) is 67.7 Å². The Balaban J connectivity index is 2.50. The molecule has 1 aromatic heterocycles. The number of aromatic nitrogens is 2. The molecule has 1 heterocycles. The van der Waals surface area contributed by atoms with E-state index in [1.54, 1.807) is 7.05 Å². The van der Waals surface area contributed by atoms with Crippen molar-refractivity contribution in [1.29, 1.82) is 0 Å². The average Bonchev–Trinajstić information content (AvgIpc) is 2.70. The molecule has 1 amide bonds. The molecule has 120 valence electrons. The summed E-state index contributed by atoms with van der Waals surface area (Å²) in [5.41, 5.74) is 2.24. The van der Waals surface area contributed by atoms with Gasteiger partial charge in [0.15, 0.2) is 5.69 Å². The van der Waals surface area contributed by atoms with Crippen LogP contribution in [0.25, 0.3) is 0 Å². The van der Waals surface area contributed by atoms with Crippen molar-refractivity contribution in [2.45, 2.75) is 19.3 Å². The second-order valence-electron chi connectivity index (χ2n) is 5.59. The van der Waals surface area contributed by atoms with Gasteiger partial charge in [-0.1, -0.05) is 0 Å². The fourth-order valence-electron chi connectivity index (χ4n) is 2.65. The summed E-state index contributed by atoms with van der Waals surface area (Å²) in [5.74, 6) is -0.400. The predicted octanol–water partition coefficient (Wildman–Crippen LogP) is 1.02. The largest absolute Gasteiger partial charge is 0.383 e. The Labute approximate surface area is 130 Å². The predicted molar refractivity (Wildman–Crippen MR) is 81.3 cm³/mol. The minimum atomic E-state index is -0.341. The number of nitrogens with zero attached hydrogens (tertiary/aromatic N) is 4. The third-order valence-electron chi connectivity index (χ3n) is 3.70. The van der Waals surface area contributed by atoms with Crippen molar-refractivity contribution in [1.82, 2.24) is 19.7 Å². The molecule has 0 spiro atoms. The van der Waals surface area contributed by atoms with Gasteiger partial charge in [-0.3, -0.25) is 19.1 Å². The molecular weight excluding hydrogens is 284 g/mol. The standard InChI is InChI=1S/C15H22N4O3/c1-17(2)9-10-7-6-8-11-12(15(21)19(4)22-5)16-18(3)13(11)14(10)20/h9H,6-8H2,1-5H3/b10-9+. The van der Waals surface area contributed by atoms with Gasteiger partial charge in [0.2, 0.25) is 5.78 Å². The van der Waals surface area contributed by atoms with Gasteiger partial charge in [-0.15, -0.1) is 0 Å². The average molecular weight is 306 g/mol. The maximum absolute atomic E-state index is 12.8. The number of carbonyl (C=O) groups excluding carboxylic acids is 2. The van der Waals surface area contributed by atoms with Crippen molar-refractivity contribution in [3.05, 3.63) is 28.7 Å². The molecular formula is C15H22N4O3. The molecule has 1 aliphatic carbocycles. The Hall–Kier alpha value is -2.15. The number of rotatable bonds is 3. The third kappa shape index (κ3) is 2.89. The molecule has 0 atom stereocenters. The molecule has 0 saturated heterocycles. The molecule has 7 heteroatoms. The van der Waals surface area contributed by atoms with Gasteiger partial charge >= 0.3 is 0 Å². The molecule has 0 radical (unpaired) electrons. The number of hydroxylamine groups is 2. The fraction of sp³-hybridized carbons (Fsp3) is 0.533. The van der Waals surface area contributed by atoms with E-state index < -0.39 is 0 Å². The Morgan fingerprint density at radius 1 is 1.32 bits per heavy atom. The Morgan fingerprint density at radius 2 is 2.00 bits per heavy atom. The zero-order chi connectivity index (χ0) is 16.4. The van der Waals surface area contributed by atoms with Gasteiger partial charge in [0.05, 0.1) is 7.11 Å². The second-order valence-corrected chi connectivity index (χ2v) is 5.59. The molecule has 1 aliphatic rings. The van der Waals surface area contributed by atoms with Crippen molar-refractivity contribution >= 4 is 11.7 Å². The Morgan fingerprint density at radius 3 is 2.59 bits per heavy atom. The van der Waals surface area contributed by atoms with E-state index in [4.69, 9.17) is 4.84 Å². The van der Waals surface area contributed by atoms with Gasteiger partial charge < -0.3 is 4.90 Å². The maximum atomic E-state index is 12.8. The van der Waals surface area contributed by atoms with Gasteiger partial charge in [-0.05, 0) is 19.3 Å². The van der Waals surface area contributed by atoms with E-state index in [1.165, 1.54) is 18.8 Å². The monoisotopic (exact) mass is 306 g/mol. The molecule has 7 nitrogen and oxygen atoms in total. The van der Waals surface area contributed by atoms with E-state index in [-0.39, 0.29) is 11.7 Å². The van der Waals surface area contributed by atoms with E-state index in [0.717, 1.165) is 17.1 Å². The highest BCUT2D eigenvalue weighted by molar-refractivity contribution is 6.10. The smallest absolute Gasteiger partial charge is 0.297 e. The summed E-state index contributed by atoms with van der Waals surface area (Å²) in [6.07, 6.45) is 3.99. The van der Waals surface area contributed by atoms with Crippen LogP contribution >= 0.6 is 0 Å². The van der Waals surface area contributed by atoms with Crippen LogP contribution in [0.15, 0.2) is 11.8 Å². The van der Waals surface area contributed by atoms with E-state index in [1.807, 2.05) is 25.2 Å². The molecule has 0 unspecified atom stereocenters. The van der Waals surface area contributed by atoms with Crippen LogP contribution in [-0.2, 0) is 18.3 Å². The van der Waals surface area contributed by atoms with Crippen LogP contribution in [0, 0.1) is 0 Å². The van der Waals surface area contributed by atoms with Crippen molar-refractivity contribution in [3.8, 4) is 0 Å². The van der Waals surface area contributed by atoms with Crippen LogP contribution in [0.5, 0.6) is 0 Å². The number of hydrogen-bond acceptors (Lipinski definition) is 5. The highest BCUT2D eigenvalue weighted by Crippen LogP contribution is 2.27. The van der Waals surface area contributed by atoms with Gasteiger partial charge in [-0.25, -0.2) is 5.06 Å². The third-order valence-corrected chi connectivity index (χ3v) is 3.70. The van der Waals surface area contributed by atoms with Crippen LogP contribution in [0.4, 0.5) is 0 Å². The minimum absolute atomic E-state index is 0.0599. The summed E-state index contributed by atoms with van der Waals surface area (Å²) in [5, 5.41) is 5.37. The Kier molecular flexibility index (Phi) is 4.65. The van der Waals surface area contributed by atoms with Crippen molar-refractivity contribution in [3.63, 3.8) is 0 Å². The number of allylic oxidation sites excluding steroid dienone is 1. The number of carbonyl (C=O) groups is 2. The van der Waals surface area contributed by atoms with Crippen molar-refractivity contribution < 1.29 is 14.4 Å². The van der Waals surface area contributed by atoms with Gasteiger partial charge in [0, 0.05) is 45.5 Å². The summed E-state index contributed by atoms with van der Waals surface area (Å²) >= 11 is 0. The van der Waals surface area contributed by atoms with Crippen molar-refractivity contribution in [2.75, 3.05) is 28.3 Å². The molecule has 0 fully saturated rings. The first-order chi connectivity index (χ1) is 10.4. The quantitative estimate of drug-likeness (QED) is 0.474. The lowest BCUT2D eigenvalue weighted by Gasteiger charge is -2.12. The number of aryl methyl sites for hydroxylation is 1. The first-order valence-corrected chi connectivity index (χ1v) is 7.16. The fourth-order valence-corrected chi connectivity index (χ4v) is 2.65. The van der Waals surface area contributed by atoms with E-state index in [0.29, 0.717) is 29.8 Å². The maximum Gasteiger partial charge on any atom is 0.297 e. The number of Topliss-reactive ketones (excluding diaryl/α,β-unsaturated/α-hetero) is 1. The number of fused-ring (bicyclic) bond motifs is 1. The highest BCUT2D eigenvalue weighted by Gasteiger charge is 2.31. The van der Waals surface area contributed by atoms with Gasteiger partial charge in [0.25, 0.3) is 5.91 Å². The van der Waals surface area contributed by atoms with Crippen LogP contribution in [0.3, 0.4) is 0 Å². The SMILES string of the molecule is CON(C)C(=O)c1nn(C)c2c1CCC/C(=C\N(C)C)C2=O. The van der Waals surface area contributed by atoms with Crippen LogP contribution in [-0.4, -0.2) is 59.7 Å². The van der Waals surface area contributed by atoms with Gasteiger partial charge in [0.1, 0.15) is 5.69 Å². The summed E-state index contributed by atoms with van der Waals surface area (Å²) in [4.78, 5) is 31.9. The molecule has 1 aromatic rings. The highest BCUT2D eigenvalue weighted by atomic mass is 16.7. The summed E-state index contributed by atoms with van der Waals surface area (Å²) in [6.45, 7) is 0. The molecule has 2 rings (SSSR count). The van der Waals surface area contributed by atoms with Crippen molar-refractivity contribution in [2.24, 2.45) is 7.05 Å². The molecule has 0 saturated carbocycles. The number of hydrogen-bond donors (Lipinski definition) is 0. The lowest BCUT2D eigenvalue weighted by Crippen LogP contribution is -2.26. The van der Waals surface area contributed by atoms with E-state index in [2.05, 4.69) is 5.10 Å². The first kappa shape index (κ1) is 16.2. The zero-order valence-corrected chi connectivity index (χ0v) is 13.7. The molecule has 0 aliphatic heterocycles. The Bertz CT molecular complexity index is 631. The molecule has 0 N–H and O–H groups in total.